The number of nitrogens with zero attached hydrogens (tertiary/aromatic N) is 2. The van der Waals surface area contributed by atoms with E-state index in [-0.39, 0.29) is 13.1 Å². The zero-order chi connectivity index (χ0) is 14.9. The number of nitro benzene ring substituents is 1. The molecule has 0 aliphatic carbocycles. The van der Waals surface area contributed by atoms with Crippen LogP contribution >= 0.6 is 0 Å². The predicted molar refractivity (Wildman–Crippen MR) is 67.1 cm³/mol. The van der Waals surface area contributed by atoms with E-state index in [1.165, 1.54) is 0 Å². The van der Waals surface area contributed by atoms with Crippen molar-refractivity contribution in [1.29, 1.82) is 0 Å². The van der Waals surface area contributed by atoms with Gasteiger partial charge in [0.15, 0.2) is 0 Å². The molecule has 1 fully saturated rings. The molecule has 1 aliphatic rings. The average molecular weight is 304 g/mol. The van der Waals surface area contributed by atoms with Gasteiger partial charge in [0.25, 0.3) is 5.69 Å². The second-order valence-electron chi connectivity index (χ2n) is 4.53. The lowest BCUT2D eigenvalue weighted by molar-refractivity contribution is -0.385. The zero-order valence-electron chi connectivity index (χ0n) is 10.4. The van der Waals surface area contributed by atoms with Gasteiger partial charge in [-0.1, -0.05) is 0 Å². The fourth-order valence-corrected chi connectivity index (χ4v) is 3.65. The number of aliphatic hydroxyl groups is 1. The smallest absolute Gasteiger partial charge is 0.272 e. The van der Waals surface area contributed by atoms with E-state index in [1.807, 2.05) is 0 Å². The molecule has 1 aromatic carbocycles. The monoisotopic (exact) mass is 304 g/mol. The fraction of sp³-hybridized carbons (Fsp3) is 0.455. The van der Waals surface area contributed by atoms with Gasteiger partial charge in [-0.25, -0.2) is 12.8 Å². The highest BCUT2D eigenvalue weighted by Crippen LogP contribution is 2.25. The Hall–Kier alpha value is -1.58. The Morgan fingerprint density at radius 3 is 2.70 bits per heavy atom. The number of hydrogen-bond acceptors (Lipinski definition) is 5. The highest BCUT2D eigenvalue weighted by Gasteiger charge is 2.32. The predicted octanol–water partition coefficient (Wildman–Crippen LogP) is 0.879. The van der Waals surface area contributed by atoms with E-state index in [0.29, 0.717) is 18.9 Å². The SMILES string of the molecule is O=[N+]([O-])c1ccc(S(=O)(=O)N2CCCC(O)C2)c(F)c1. The maximum absolute atomic E-state index is 13.8. The van der Waals surface area contributed by atoms with Crippen molar-refractivity contribution in [3.05, 3.63) is 34.1 Å². The van der Waals surface area contributed by atoms with Gasteiger partial charge < -0.3 is 5.11 Å². The summed E-state index contributed by atoms with van der Waals surface area (Å²) in [5.41, 5.74) is -0.514. The zero-order valence-corrected chi connectivity index (χ0v) is 11.2. The van der Waals surface area contributed by atoms with Gasteiger partial charge in [-0.3, -0.25) is 10.1 Å². The Morgan fingerprint density at radius 1 is 1.45 bits per heavy atom. The summed E-state index contributed by atoms with van der Waals surface area (Å²) in [4.78, 5) is 9.09. The third-order valence-corrected chi connectivity index (χ3v) is 5.00. The summed E-state index contributed by atoms with van der Waals surface area (Å²) in [6, 6.07) is 2.40. The van der Waals surface area contributed by atoms with Crippen LogP contribution in [0.3, 0.4) is 0 Å². The first kappa shape index (κ1) is 14.8. The molecule has 0 amide bonds. The molecular formula is C11H13FN2O5S. The molecule has 0 saturated carbocycles. The van der Waals surface area contributed by atoms with Crippen LogP contribution in [-0.2, 0) is 10.0 Å². The van der Waals surface area contributed by atoms with E-state index in [4.69, 9.17) is 0 Å². The van der Waals surface area contributed by atoms with Gasteiger partial charge in [-0.05, 0) is 18.9 Å². The second-order valence-corrected chi connectivity index (χ2v) is 6.44. The molecule has 7 nitrogen and oxygen atoms in total. The van der Waals surface area contributed by atoms with Crippen molar-refractivity contribution < 1.29 is 22.8 Å². The summed E-state index contributed by atoms with van der Waals surface area (Å²) in [6.07, 6.45) is 0.198. The molecule has 1 aromatic rings. The number of halogens is 1. The molecule has 1 atom stereocenters. The molecule has 1 saturated heterocycles. The standard InChI is InChI=1S/C11H13FN2O5S/c12-10-6-8(14(16)17)3-4-11(10)20(18,19)13-5-1-2-9(15)7-13/h3-4,6,9,15H,1-2,5,7H2. The Labute approximate surface area is 114 Å². The third kappa shape index (κ3) is 2.79. The van der Waals surface area contributed by atoms with Crippen molar-refractivity contribution in [2.45, 2.75) is 23.8 Å². The molecule has 20 heavy (non-hydrogen) atoms. The van der Waals surface area contributed by atoms with E-state index in [0.717, 1.165) is 16.4 Å². The van der Waals surface area contributed by atoms with Gasteiger partial charge >= 0.3 is 0 Å². The maximum Gasteiger partial charge on any atom is 0.272 e. The molecule has 2 rings (SSSR count). The molecule has 1 heterocycles. The minimum Gasteiger partial charge on any atom is -0.392 e. The van der Waals surface area contributed by atoms with Crippen molar-refractivity contribution in [3.63, 3.8) is 0 Å². The summed E-state index contributed by atoms with van der Waals surface area (Å²) in [6.45, 7) is 0.0918. The Bertz CT molecular complexity index is 634. The summed E-state index contributed by atoms with van der Waals surface area (Å²) in [7, 11) is -4.09. The normalized spacial score (nSPS) is 20.8. The van der Waals surface area contributed by atoms with Gasteiger partial charge in [0.2, 0.25) is 10.0 Å². The van der Waals surface area contributed by atoms with Crippen molar-refractivity contribution in [3.8, 4) is 0 Å². The first-order valence-electron chi connectivity index (χ1n) is 5.94. The highest BCUT2D eigenvalue weighted by molar-refractivity contribution is 7.89. The number of aliphatic hydroxyl groups excluding tert-OH is 1. The lowest BCUT2D eigenvalue weighted by Crippen LogP contribution is -2.42. The number of piperidine rings is 1. The number of non-ortho nitro benzene ring substituents is 1. The number of nitro groups is 1. The number of β-amino-alcohol motifs (C(OH)–C–C–N with tert-alkyl or cyclic N) is 1. The number of sulfonamides is 1. The van der Waals surface area contributed by atoms with Crippen LogP contribution in [0.25, 0.3) is 0 Å². The molecule has 1 N–H and O–H groups in total. The van der Waals surface area contributed by atoms with Gasteiger partial charge in [0, 0.05) is 19.2 Å². The van der Waals surface area contributed by atoms with E-state index >= 15 is 0 Å². The molecule has 0 bridgehead atoms. The Morgan fingerprint density at radius 2 is 2.15 bits per heavy atom. The van der Waals surface area contributed by atoms with Crippen molar-refractivity contribution in [2.75, 3.05) is 13.1 Å². The summed E-state index contributed by atoms with van der Waals surface area (Å²) in [5.74, 6) is -1.17. The van der Waals surface area contributed by atoms with Crippen LogP contribution in [0.4, 0.5) is 10.1 Å². The van der Waals surface area contributed by atoms with Gasteiger partial charge in [0.05, 0.1) is 17.1 Å². The van der Waals surface area contributed by atoms with E-state index < -0.39 is 37.5 Å². The van der Waals surface area contributed by atoms with Gasteiger partial charge in [-0.2, -0.15) is 4.31 Å². The molecule has 9 heteroatoms. The second kappa shape index (κ2) is 5.43. The maximum atomic E-state index is 13.8. The molecular weight excluding hydrogens is 291 g/mol. The first-order chi connectivity index (χ1) is 9.32. The van der Waals surface area contributed by atoms with Crippen LogP contribution in [0.2, 0.25) is 0 Å². The minimum atomic E-state index is -4.09. The average Bonchev–Trinajstić information content (AvgIpc) is 2.38. The largest absolute Gasteiger partial charge is 0.392 e. The first-order valence-corrected chi connectivity index (χ1v) is 7.38. The van der Waals surface area contributed by atoms with E-state index in [2.05, 4.69) is 0 Å². The Kier molecular flexibility index (Phi) is 4.02. The number of rotatable bonds is 3. The fourth-order valence-electron chi connectivity index (χ4n) is 2.09. The molecule has 0 spiro atoms. The summed E-state index contributed by atoms with van der Waals surface area (Å²) >= 11 is 0. The minimum absolute atomic E-state index is 0.0985. The molecule has 110 valence electrons. The number of hydrogen-bond donors (Lipinski definition) is 1. The van der Waals surface area contributed by atoms with E-state index in [9.17, 15) is 28.0 Å². The van der Waals surface area contributed by atoms with Crippen LogP contribution < -0.4 is 0 Å². The highest BCUT2D eigenvalue weighted by atomic mass is 32.2. The van der Waals surface area contributed by atoms with Crippen molar-refractivity contribution in [1.82, 2.24) is 4.31 Å². The van der Waals surface area contributed by atoms with Crippen LogP contribution in [-0.4, -0.2) is 41.9 Å². The van der Waals surface area contributed by atoms with Crippen LogP contribution in [0.1, 0.15) is 12.8 Å². The number of benzene rings is 1. The van der Waals surface area contributed by atoms with Crippen molar-refractivity contribution >= 4 is 15.7 Å². The Balaban J connectivity index is 2.36. The lowest BCUT2D eigenvalue weighted by Gasteiger charge is -2.29. The summed E-state index contributed by atoms with van der Waals surface area (Å²) in [5, 5.41) is 20.0. The molecule has 0 radical (unpaired) electrons. The van der Waals surface area contributed by atoms with Crippen LogP contribution in [0, 0.1) is 15.9 Å². The molecule has 0 aromatic heterocycles. The molecule has 1 unspecified atom stereocenters. The third-order valence-electron chi connectivity index (χ3n) is 3.10. The van der Waals surface area contributed by atoms with Gasteiger partial charge in [0.1, 0.15) is 10.7 Å². The quantitative estimate of drug-likeness (QED) is 0.660. The van der Waals surface area contributed by atoms with Crippen LogP contribution in [0.5, 0.6) is 0 Å². The lowest BCUT2D eigenvalue weighted by atomic mass is 10.1. The van der Waals surface area contributed by atoms with Crippen molar-refractivity contribution in [2.24, 2.45) is 0 Å². The van der Waals surface area contributed by atoms with Crippen LogP contribution in [0.15, 0.2) is 23.1 Å². The van der Waals surface area contributed by atoms with Gasteiger partial charge in [-0.15, -0.1) is 0 Å². The molecule has 1 aliphatic heterocycles. The summed E-state index contributed by atoms with van der Waals surface area (Å²) < 4.78 is 39.3. The topological polar surface area (TPSA) is 101 Å². The van der Waals surface area contributed by atoms with E-state index in [1.54, 1.807) is 0 Å².